The molecule has 0 aromatic heterocycles. The number of hydrogen-bond acceptors (Lipinski definition) is 0. The third-order valence-corrected chi connectivity index (χ3v) is 11.1. The predicted molar refractivity (Wildman–Crippen MR) is 144 cm³/mol. The molecule has 0 aromatic rings. The number of rotatable bonds is 5. The SMILES string of the molecule is CC(C)CCC[C@H](C)[C@@H]1CC[C@@H]2[C@H]3CC[C@H]4CC(C#CC(C)(C)C)=CC[C@]4(C)[C@@H]3CC[C@]21C. The van der Waals surface area contributed by atoms with E-state index in [0.717, 1.165) is 41.4 Å². The highest BCUT2D eigenvalue weighted by atomic mass is 14.6. The molecule has 4 rings (SSSR count). The molecule has 0 spiro atoms. The van der Waals surface area contributed by atoms with Crippen LogP contribution in [-0.2, 0) is 0 Å². The summed E-state index contributed by atoms with van der Waals surface area (Å²) in [6.07, 6.45) is 18.4. The first kappa shape index (κ1) is 25.4. The van der Waals surface area contributed by atoms with Crippen LogP contribution in [0, 0.1) is 69.5 Å². The Labute approximate surface area is 207 Å². The zero-order valence-corrected chi connectivity index (χ0v) is 23.4. The van der Waals surface area contributed by atoms with Crippen LogP contribution >= 0.6 is 0 Å². The van der Waals surface area contributed by atoms with E-state index >= 15 is 0 Å². The summed E-state index contributed by atoms with van der Waals surface area (Å²) in [4.78, 5) is 0. The Morgan fingerprint density at radius 1 is 0.939 bits per heavy atom. The molecule has 4 aliphatic carbocycles. The maximum Gasteiger partial charge on any atom is 0.0233 e. The molecule has 0 heteroatoms. The molecule has 0 amide bonds. The summed E-state index contributed by atoms with van der Waals surface area (Å²) in [5.41, 5.74) is 2.70. The molecule has 0 aromatic carbocycles. The van der Waals surface area contributed by atoms with Gasteiger partial charge in [-0.2, -0.15) is 0 Å². The van der Waals surface area contributed by atoms with Crippen LogP contribution in [0.2, 0.25) is 0 Å². The van der Waals surface area contributed by atoms with E-state index in [1.807, 2.05) is 0 Å². The minimum Gasteiger partial charge on any atom is -0.0923 e. The smallest absolute Gasteiger partial charge is 0.0233 e. The molecule has 0 unspecified atom stereocenters. The molecule has 3 saturated carbocycles. The molecule has 33 heavy (non-hydrogen) atoms. The van der Waals surface area contributed by atoms with Crippen molar-refractivity contribution in [3.05, 3.63) is 11.6 Å². The van der Waals surface area contributed by atoms with E-state index in [-0.39, 0.29) is 5.41 Å². The van der Waals surface area contributed by atoms with Crippen molar-refractivity contribution in [1.29, 1.82) is 0 Å². The van der Waals surface area contributed by atoms with Gasteiger partial charge in [-0.25, -0.2) is 0 Å². The zero-order chi connectivity index (χ0) is 24.0. The molecule has 3 fully saturated rings. The minimum atomic E-state index is 0.109. The Bertz CT molecular complexity index is 781. The third-order valence-electron chi connectivity index (χ3n) is 11.1. The minimum absolute atomic E-state index is 0.109. The highest BCUT2D eigenvalue weighted by molar-refractivity contribution is 5.33. The van der Waals surface area contributed by atoms with Gasteiger partial charge in [0.25, 0.3) is 0 Å². The molecular weight excluding hydrogens is 396 g/mol. The summed E-state index contributed by atoms with van der Waals surface area (Å²) >= 11 is 0. The van der Waals surface area contributed by atoms with Crippen LogP contribution in [0.4, 0.5) is 0 Å². The van der Waals surface area contributed by atoms with Gasteiger partial charge in [0.1, 0.15) is 0 Å². The van der Waals surface area contributed by atoms with Crippen molar-refractivity contribution in [2.24, 2.45) is 57.7 Å². The molecular formula is C33H54. The topological polar surface area (TPSA) is 0 Å². The second kappa shape index (κ2) is 9.40. The van der Waals surface area contributed by atoms with Crippen LogP contribution in [-0.4, -0.2) is 0 Å². The number of hydrogen-bond donors (Lipinski definition) is 0. The van der Waals surface area contributed by atoms with Gasteiger partial charge in [-0.05, 0) is 130 Å². The Kier molecular flexibility index (Phi) is 7.23. The first-order chi connectivity index (χ1) is 15.4. The summed E-state index contributed by atoms with van der Waals surface area (Å²) in [5, 5.41) is 0. The van der Waals surface area contributed by atoms with Crippen molar-refractivity contribution in [2.75, 3.05) is 0 Å². The van der Waals surface area contributed by atoms with Crippen molar-refractivity contribution in [3.63, 3.8) is 0 Å². The molecule has 4 aliphatic rings. The second-order valence-corrected chi connectivity index (χ2v) is 14.8. The van der Waals surface area contributed by atoms with Gasteiger partial charge in [0.15, 0.2) is 0 Å². The zero-order valence-electron chi connectivity index (χ0n) is 23.4. The Balaban J connectivity index is 1.46. The van der Waals surface area contributed by atoms with Crippen LogP contribution in [0.5, 0.6) is 0 Å². The maximum absolute atomic E-state index is 3.58. The lowest BCUT2D eigenvalue weighted by atomic mass is 9.45. The normalized spacial score (nSPS) is 41.4. The first-order valence-electron chi connectivity index (χ1n) is 14.7. The van der Waals surface area contributed by atoms with Crippen molar-refractivity contribution in [1.82, 2.24) is 0 Å². The van der Waals surface area contributed by atoms with Gasteiger partial charge in [-0.3, -0.25) is 0 Å². The molecule has 0 N–H and O–H groups in total. The maximum atomic E-state index is 3.58. The van der Waals surface area contributed by atoms with E-state index < -0.39 is 0 Å². The summed E-state index contributed by atoms with van der Waals surface area (Å²) in [6.45, 7) is 19.5. The number of fused-ring (bicyclic) bond motifs is 5. The van der Waals surface area contributed by atoms with Crippen LogP contribution < -0.4 is 0 Å². The Hall–Kier alpha value is -0.700. The third kappa shape index (κ3) is 5.00. The molecule has 0 saturated heterocycles. The van der Waals surface area contributed by atoms with E-state index in [9.17, 15) is 0 Å². The quantitative estimate of drug-likeness (QED) is 0.366. The standard InChI is InChI=1S/C33H54/c1-23(2)10-9-11-24(3)28-14-15-29-27-13-12-26-22-25(16-19-31(4,5)6)17-20-32(26,7)30(27)18-21-33(28,29)8/h17,23-24,26-30H,9-15,18,20-22H2,1-8H3/t24-,26-,27+,28-,29+,30+,32-,33-/m0/s1. The second-order valence-electron chi connectivity index (χ2n) is 14.8. The molecule has 0 heterocycles. The van der Waals surface area contributed by atoms with E-state index in [4.69, 9.17) is 0 Å². The molecule has 186 valence electrons. The first-order valence-corrected chi connectivity index (χ1v) is 14.7. The van der Waals surface area contributed by atoms with Gasteiger partial charge in [-0.1, -0.05) is 71.8 Å². The highest BCUT2D eigenvalue weighted by Gasteiger charge is 2.60. The fourth-order valence-electron chi connectivity index (χ4n) is 9.27. The van der Waals surface area contributed by atoms with Gasteiger partial charge in [0.05, 0.1) is 0 Å². The summed E-state index contributed by atoms with van der Waals surface area (Å²) in [6, 6.07) is 0. The summed E-state index contributed by atoms with van der Waals surface area (Å²) in [5.74, 6) is 13.7. The molecule has 0 bridgehead atoms. The molecule has 0 nitrogen and oxygen atoms in total. The average molecular weight is 451 g/mol. The summed E-state index contributed by atoms with van der Waals surface area (Å²) < 4.78 is 0. The molecule has 8 atom stereocenters. The van der Waals surface area contributed by atoms with Crippen molar-refractivity contribution >= 4 is 0 Å². The monoisotopic (exact) mass is 450 g/mol. The molecule has 0 aliphatic heterocycles. The van der Waals surface area contributed by atoms with E-state index in [1.54, 1.807) is 0 Å². The van der Waals surface area contributed by atoms with Gasteiger partial charge >= 0.3 is 0 Å². The van der Waals surface area contributed by atoms with Crippen molar-refractivity contribution in [2.45, 2.75) is 126 Å². The number of allylic oxidation sites excluding steroid dienone is 2. The van der Waals surface area contributed by atoms with Gasteiger partial charge in [0.2, 0.25) is 0 Å². The largest absolute Gasteiger partial charge is 0.0923 e. The van der Waals surface area contributed by atoms with E-state index in [0.29, 0.717) is 10.8 Å². The lowest BCUT2D eigenvalue weighted by Gasteiger charge is -2.60. The van der Waals surface area contributed by atoms with Gasteiger partial charge in [-0.15, -0.1) is 0 Å². The average Bonchev–Trinajstić information content (AvgIpc) is 3.08. The Morgan fingerprint density at radius 3 is 2.36 bits per heavy atom. The van der Waals surface area contributed by atoms with Crippen LogP contribution in [0.25, 0.3) is 0 Å². The lowest BCUT2D eigenvalue weighted by Crippen LogP contribution is -2.52. The fourth-order valence-corrected chi connectivity index (χ4v) is 9.27. The van der Waals surface area contributed by atoms with Crippen LogP contribution in [0.3, 0.4) is 0 Å². The fraction of sp³-hybridized carbons (Fsp3) is 0.879. The van der Waals surface area contributed by atoms with Crippen LogP contribution in [0.15, 0.2) is 11.6 Å². The summed E-state index contributed by atoms with van der Waals surface area (Å²) in [7, 11) is 0. The lowest BCUT2D eigenvalue weighted by molar-refractivity contribution is -0.101. The van der Waals surface area contributed by atoms with Gasteiger partial charge < -0.3 is 0 Å². The Morgan fingerprint density at radius 2 is 1.67 bits per heavy atom. The van der Waals surface area contributed by atoms with E-state index in [1.165, 1.54) is 76.2 Å². The van der Waals surface area contributed by atoms with Crippen LogP contribution in [0.1, 0.15) is 126 Å². The van der Waals surface area contributed by atoms with Crippen molar-refractivity contribution in [3.8, 4) is 11.8 Å². The molecule has 0 radical (unpaired) electrons. The van der Waals surface area contributed by atoms with Gasteiger partial charge in [0, 0.05) is 5.41 Å². The predicted octanol–water partition coefficient (Wildman–Crippen LogP) is 9.69. The van der Waals surface area contributed by atoms with E-state index in [2.05, 4.69) is 73.3 Å². The van der Waals surface area contributed by atoms with Crippen molar-refractivity contribution < 1.29 is 0 Å². The highest BCUT2D eigenvalue weighted by Crippen LogP contribution is 2.68.